The number of halogens is 1. The van der Waals surface area contributed by atoms with Crippen LogP contribution in [0.1, 0.15) is 29.7 Å². The molecular formula is C16H13FN2S. The molecule has 1 heterocycles. The van der Waals surface area contributed by atoms with Crippen molar-refractivity contribution in [2.75, 3.05) is 0 Å². The number of aryl methyl sites for hydroxylation is 1. The number of rotatable bonds is 1. The van der Waals surface area contributed by atoms with Crippen LogP contribution in [-0.4, -0.2) is 4.98 Å². The van der Waals surface area contributed by atoms with Gasteiger partial charge < -0.3 is 4.98 Å². The van der Waals surface area contributed by atoms with E-state index < -0.39 is 0 Å². The van der Waals surface area contributed by atoms with E-state index in [0.717, 1.165) is 48.1 Å². The van der Waals surface area contributed by atoms with Crippen molar-refractivity contribution in [1.29, 1.82) is 5.26 Å². The maximum absolute atomic E-state index is 13.5. The maximum atomic E-state index is 13.5. The second kappa shape index (κ2) is 5.18. The molecule has 0 aliphatic heterocycles. The maximum Gasteiger partial charge on any atom is 0.123 e. The first-order chi connectivity index (χ1) is 9.70. The minimum atomic E-state index is -0.297. The Kier molecular flexibility index (Phi) is 3.37. The molecule has 0 radical (unpaired) electrons. The van der Waals surface area contributed by atoms with E-state index in [0.29, 0.717) is 10.2 Å². The standard InChI is InChI=1S/C16H13FN2S/c17-11-5-3-4-10(8-11)15-12-6-1-2-7-14(12)19-16(20)13(15)9-18/h3-5,8H,1-2,6-7H2,(H,19,20). The molecular weight excluding hydrogens is 271 g/mol. The normalized spacial score (nSPS) is 13.6. The number of hydrogen-bond donors (Lipinski definition) is 1. The Morgan fingerprint density at radius 3 is 2.80 bits per heavy atom. The third-order valence-corrected chi connectivity index (χ3v) is 4.04. The molecule has 3 rings (SSSR count). The van der Waals surface area contributed by atoms with Gasteiger partial charge in [0.25, 0.3) is 0 Å². The minimum Gasteiger partial charge on any atom is -0.349 e. The summed E-state index contributed by atoms with van der Waals surface area (Å²) >= 11 is 5.29. The molecule has 0 saturated heterocycles. The quantitative estimate of drug-likeness (QED) is 0.793. The molecule has 0 unspecified atom stereocenters. The monoisotopic (exact) mass is 284 g/mol. The van der Waals surface area contributed by atoms with Crippen LogP contribution in [0.5, 0.6) is 0 Å². The Hall–Kier alpha value is -1.99. The molecule has 1 aliphatic carbocycles. The topological polar surface area (TPSA) is 39.6 Å². The van der Waals surface area contributed by atoms with E-state index in [1.807, 2.05) is 6.07 Å². The van der Waals surface area contributed by atoms with Crippen molar-refractivity contribution < 1.29 is 4.39 Å². The Morgan fingerprint density at radius 2 is 2.05 bits per heavy atom. The summed E-state index contributed by atoms with van der Waals surface area (Å²) in [7, 11) is 0. The molecule has 0 atom stereocenters. The highest BCUT2D eigenvalue weighted by atomic mass is 32.1. The smallest absolute Gasteiger partial charge is 0.123 e. The summed E-state index contributed by atoms with van der Waals surface area (Å²) < 4.78 is 14.0. The van der Waals surface area contributed by atoms with E-state index >= 15 is 0 Å². The molecule has 1 aromatic heterocycles. The number of nitriles is 1. The van der Waals surface area contributed by atoms with Gasteiger partial charge in [-0.2, -0.15) is 5.26 Å². The molecule has 0 saturated carbocycles. The molecule has 100 valence electrons. The van der Waals surface area contributed by atoms with E-state index in [4.69, 9.17) is 12.2 Å². The number of nitrogens with zero attached hydrogens (tertiary/aromatic N) is 1. The molecule has 0 fully saturated rings. The number of aromatic nitrogens is 1. The van der Waals surface area contributed by atoms with E-state index in [2.05, 4.69) is 11.1 Å². The molecule has 2 aromatic rings. The number of aromatic amines is 1. The minimum absolute atomic E-state index is 0.297. The zero-order valence-electron chi connectivity index (χ0n) is 10.9. The first-order valence-electron chi connectivity index (χ1n) is 6.65. The summed E-state index contributed by atoms with van der Waals surface area (Å²) in [5.74, 6) is -0.297. The molecule has 0 amide bonds. The average molecular weight is 284 g/mol. The van der Waals surface area contributed by atoms with Gasteiger partial charge in [-0.05, 0) is 48.9 Å². The van der Waals surface area contributed by atoms with Crippen LogP contribution in [0.15, 0.2) is 24.3 Å². The van der Waals surface area contributed by atoms with Crippen LogP contribution in [0.3, 0.4) is 0 Å². The van der Waals surface area contributed by atoms with Crippen molar-refractivity contribution >= 4 is 12.2 Å². The van der Waals surface area contributed by atoms with Crippen LogP contribution in [0.4, 0.5) is 4.39 Å². The van der Waals surface area contributed by atoms with Gasteiger partial charge in [-0.25, -0.2) is 4.39 Å². The van der Waals surface area contributed by atoms with Crippen LogP contribution in [0, 0.1) is 21.8 Å². The fraction of sp³-hybridized carbons (Fsp3) is 0.250. The van der Waals surface area contributed by atoms with Gasteiger partial charge in [-0.3, -0.25) is 0 Å². The van der Waals surface area contributed by atoms with Gasteiger partial charge in [0.05, 0.1) is 5.56 Å². The van der Waals surface area contributed by atoms with Crippen molar-refractivity contribution in [2.24, 2.45) is 0 Å². The van der Waals surface area contributed by atoms with E-state index in [9.17, 15) is 9.65 Å². The molecule has 1 aromatic carbocycles. The summed E-state index contributed by atoms with van der Waals surface area (Å²) in [6.07, 6.45) is 4.05. The number of fused-ring (bicyclic) bond motifs is 1. The molecule has 0 bridgehead atoms. The van der Waals surface area contributed by atoms with E-state index in [1.165, 1.54) is 12.1 Å². The SMILES string of the molecule is N#Cc1c(-c2cccc(F)c2)c2c([nH]c1=S)CCCC2. The van der Waals surface area contributed by atoms with Crippen molar-refractivity contribution in [3.63, 3.8) is 0 Å². The van der Waals surface area contributed by atoms with E-state index in [1.54, 1.807) is 6.07 Å². The average Bonchev–Trinajstić information content (AvgIpc) is 2.45. The first-order valence-corrected chi connectivity index (χ1v) is 7.05. The van der Waals surface area contributed by atoms with Crippen LogP contribution in [-0.2, 0) is 12.8 Å². The molecule has 0 spiro atoms. The summed E-state index contributed by atoms with van der Waals surface area (Å²) in [6, 6.07) is 8.56. The predicted octanol–water partition coefficient (Wildman–Crippen LogP) is 4.30. The molecule has 1 aliphatic rings. The van der Waals surface area contributed by atoms with Crippen molar-refractivity contribution in [1.82, 2.24) is 4.98 Å². The Morgan fingerprint density at radius 1 is 1.25 bits per heavy atom. The van der Waals surface area contributed by atoms with Gasteiger partial charge in [0.1, 0.15) is 16.5 Å². The number of nitrogens with one attached hydrogen (secondary N) is 1. The molecule has 20 heavy (non-hydrogen) atoms. The second-order valence-corrected chi connectivity index (χ2v) is 5.40. The van der Waals surface area contributed by atoms with Gasteiger partial charge in [0.15, 0.2) is 0 Å². The predicted molar refractivity (Wildman–Crippen MR) is 78.4 cm³/mol. The summed E-state index contributed by atoms with van der Waals surface area (Å²) in [4.78, 5) is 3.17. The fourth-order valence-electron chi connectivity index (χ4n) is 2.85. The molecule has 4 heteroatoms. The lowest BCUT2D eigenvalue weighted by atomic mass is 9.87. The lowest BCUT2D eigenvalue weighted by molar-refractivity contribution is 0.628. The zero-order valence-corrected chi connectivity index (χ0v) is 11.7. The van der Waals surface area contributed by atoms with Crippen molar-refractivity contribution in [2.45, 2.75) is 25.7 Å². The molecule has 1 N–H and O–H groups in total. The summed E-state index contributed by atoms with van der Waals surface area (Å²) in [5.41, 5.74) is 4.21. The third kappa shape index (κ3) is 2.14. The van der Waals surface area contributed by atoms with Crippen LogP contribution in [0.25, 0.3) is 11.1 Å². The Bertz CT molecular complexity index is 771. The highest BCUT2D eigenvalue weighted by Gasteiger charge is 2.20. The van der Waals surface area contributed by atoms with Gasteiger partial charge >= 0.3 is 0 Å². The molecule has 2 nitrogen and oxygen atoms in total. The largest absolute Gasteiger partial charge is 0.349 e. The lowest BCUT2D eigenvalue weighted by Gasteiger charge is -2.20. The van der Waals surface area contributed by atoms with E-state index in [-0.39, 0.29) is 5.82 Å². The number of hydrogen-bond acceptors (Lipinski definition) is 2. The van der Waals surface area contributed by atoms with Crippen LogP contribution < -0.4 is 0 Å². The van der Waals surface area contributed by atoms with Crippen molar-refractivity contribution in [3.05, 3.63) is 51.5 Å². The lowest BCUT2D eigenvalue weighted by Crippen LogP contribution is -2.09. The zero-order chi connectivity index (χ0) is 14.1. The van der Waals surface area contributed by atoms with Gasteiger partial charge in [-0.15, -0.1) is 0 Å². The van der Waals surface area contributed by atoms with Crippen LogP contribution >= 0.6 is 12.2 Å². The third-order valence-electron chi connectivity index (χ3n) is 3.74. The first kappa shape index (κ1) is 13.0. The van der Waals surface area contributed by atoms with Gasteiger partial charge in [0, 0.05) is 11.3 Å². The Labute approximate surface area is 121 Å². The number of benzene rings is 1. The Balaban J connectivity index is 2.35. The summed E-state index contributed by atoms with van der Waals surface area (Å²) in [5, 5.41) is 9.40. The van der Waals surface area contributed by atoms with Crippen LogP contribution in [0.2, 0.25) is 0 Å². The second-order valence-electron chi connectivity index (χ2n) is 4.99. The number of pyridine rings is 1. The van der Waals surface area contributed by atoms with Gasteiger partial charge in [0.2, 0.25) is 0 Å². The highest BCUT2D eigenvalue weighted by Crippen LogP contribution is 2.34. The highest BCUT2D eigenvalue weighted by molar-refractivity contribution is 7.71. The number of H-pyrrole nitrogens is 1. The van der Waals surface area contributed by atoms with Gasteiger partial charge in [-0.1, -0.05) is 24.4 Å². The fourth-order valence-corrected chi connectivity index (χ4v) is 3.12. The summed E-state index contributed by atoms with van der Waals surface area (Å²) in [6.45, 7) is 0. The van der Waals surface area contributed by atoms with Crippen molar-refractivity contribution in [3.8, 4) is 17.2 Å².